The monoisotopic (exact) mass is 360 g/mol. The Hall–Kier alpha value is -2.37. The third-order valence-corrected chi connectivity index (χ3v) is 4.47. The van der Waals surface area contributed by atoms with Gasteiger partial charge in [-0.05, 0) is 32.3 Å². The minimum atomic E-state index is -0.824. The predicted octanol–water partition coefficient (Wildman–Crippen LogP) is 1.92. The lowest BCUT2D eigenvalue weighted by atomic mass is 9.98. The molecule has 142 valence electrons. The molecule has 1 aliphatic heterocycles. The molecule has 26 heavy (non-hydrogen) atoms. The maximum atomic E-state index is 12.8. The molecule has 6 heteroatoms. The number of methoxy groups -OCH3 is 1. The van der Waals surface area contributed by atoms with E-state index in [-0.39, 0.29) is 24.2 Å². The van der Waals surface area contributed by atoms with Crippen LogP contribution in [0.1, 0.15) is 39.7 Å². The van der Waals surface area contributed by atoms with Gasteiger partial charge in [-0.15, -0.1) is 0 Å². The van der Waals surface area contributed by atoms with E-state index in [1.54, 1.807) is 0 Å². The lowest BCUT2D eigenvalue weighted by Crippen LogP contribution is -2.57. The molecule has 6 nitrogen and oxygen atoms in total. The first-order chi connectivity index (χ1) is 12.1. The van der Waals surface area contributed by atoms with E-state index in [2.05, 4.69) is 5.32 Å². The first-order valence-electron chi connectivity index (χ1n) is 8.89. The van der Waals surface area contributed by atoms with Gasteiger partial charge in [-0.2, -0.15) is 0 Å². The molecule has 0 spiro atoms. The highest BCUT2D eigenvalue weighted by atomic mass is 16.5. The highest BCUT2D eigenvalue weighted by Crippen LogP contribution is 2.29. The van der Waals surface area contributed by atoms with Crippen molar-refractivity contribution in [2.75, 3.05) is 7.11 Å². The smallest absolute Gasteiger partial charge is 0.328 e. The maximum Gasteiger partial charge on any atom is 0.328 e. The van der Waals surface area contributed by atoms with Crippen LogP contribution in [0.25, 0.3) is 0 Å². The number of hydrogen-bond acceptors (Lipinski definition) is 4. The molecule has 0 radical (unpaired) electrons. The Kier molecular flexibility index (Phi) is 6.05. The van der Waals surface area contributed by atoms with Crippen molar-refractivity contribution in [3.8, 4) is 0 Å². The molecule has 3 atom stereocenters. The highest BCUT2D eigenvalue weighted by molar-refractivity contribution is 5.94. The van der Waals surface area contributed by atoms with Gasteiger partial charge in [-0.1, -0.05) is 37.3 Å². The van der Waals surface area contributed by atoms with Gasteiger partial charge in [0, 0.05) is 18.4 Å². The summed E-state index contributed by atoms with van der Waals surface area (Å²) in [6, 6.07) is 7.92. The molecular formula is C20H28N2O4. The van der Waals surface area contributed by atoms with Gasteiger partial charge in [0.25, 0.3) is 0 Å². The zero-order chi connectivity index (χ0) is 19.5. The largest absolute Gasteiger partial charge is 0.467 e. The summed E-state index contributed by atoms with van der Waals surface area (Å²) in [5.74, 6) is -1.12. The lowest BCUT2D eigenvalue weighted by molar-refractivity contribution is -0.154. The third-order valence-electron chi connectivity index (χ3n) is 4.47. The number of nitrogens with zero attached hydrogens (tertiary/aromatic N) is 1. The van der Waals surface area contributed by atoms with Crippen LogP contribution >= 0.6 is 0 Å². The molecule has 1 heterocycles. The third kappa shape index (κ3) is 4.62. The summed E-state index contributed by atoms with van der Waals surface area (Å²) in [5.41, 5.74) is 0.485. The van der Waals surface area contributed by atoms with Crippen LogP contribution in [0.3, 0.4) is 0 Å². The van der Waals surface area contributed by atoms with Crippen LogP contribution in [-0.4, -0.2) is 47.4 Å². The van der Waals surface area contributed by atoms with Gasteiger partial charge in [0.2, 0.25) is 11.8 Å². The summed E-state index contributed by atoms with van der Waals surface area (Å²) in [5, 5.41) is 2.93. The average Bonchev–Trinajstić information content (AvgIpc) is 2.85. The molecule has 0 bridgehead atoms. The Morgan fingerprint density at radius 3 is 2.42 bits per heavy atom. The normalized spacial score (nSPS) is 21.4. The second kappa shape index (κ2) is 7.89. The Balaban J connectivity index is 2.34. The van der Waals surface area contributed by atoms with Crippen LogP contribution < -0.4 is 5.32 Å². The van der Waals surface area contributed by atoms with Crippen molar-refractivity contribution < 1.29 is 19.1 Å². The fourth-order valence-corrected chi connectivity index (χ4v) is 3.39. The van der Waals surface area contributed by atoms with E-state index in [0.29, 0.717) is 6.42 Å². The molecule has 1 aromatic carbocycles. The second-order valence-corrected chi connectivity index (χ2v) is 7.90. The molecule has 1 N–H and O–H groups in total. The quantitative estimate of drug-likeness (QED) is 0.814. The van der Waals surface area contributed by atoms with Gasteiger partial charge >= 0.3 is 5.97 Å². The van der Waals surface area contributed by atoms with Crippen LogP contribution in [0.5, 0.6) is 0 Å². The average molecular weight is 360 g/mol. The van der Waals surface area contributed by atoms with Crippen LogP contribution in [0.4, 0.5) is 0 Å². The predicted molar refractivity (Wildman–Crippen MR) is 98.3 cm³/mol. The van der Waals surface area contributed by atoms with Gasteiger partial charge in [-0.25, -0.2) is 4.79 Å². The highest BCUT2D eigenvalue weighted by Gasteiger charge is 2.47. The standard InChI is InChI=1S/C20H28N2O4/c1-13-11-16(23)22(17(13)18(24)21-20(2,3)4)15(19(25)26-5)12-14-9-7-6-8-10-14/h6-10,13,15,17H,11-12H2,1-5H3,(H,21,24)/t13-,15+,17-/m1/s1. The zero-order valence-electron chi connectivity index (χ0n) is 16.1. The maximum absolute atomic E-state index is 12.8. The number of carbonyl (C=O) groups is 3. The Morgan fingerprint density at radius 1 is 1.27 bits per heavy atom. The van der Waals surface area contributed by atoms with E-state index in [1.165, 1.54) is 12.0 Å². The molecule has 1 saturated heterocycles. The van der Waals surface area contributed by atoms with Gasteiger partial charge in [0.1, 0.15) is 12.1 Å². The Morgan fingerprint density at radius 2 is 1.88 bits per heavy atom. The van der Waals surface area contributed by atoms with Crippen molar-refractivity contribution in [1.82, 2.24) is 10.2 Å². The summed E-state index contributed by atoms with van der Waals surface area (Å²) in [6.07, 6.45) is 0.551. The Labute approximate surface area is 154 Å². The molecule has 2 amide bonds. The van der Waals surface area contributed by atoms with E-state index in [1.807, 2.05) is 58.0 Å². The summed E-state index contributed by atoms with van der Waals surface area (Å²) in [6.45, 7) is 7.52. The number of amides is 2. The fraction of sp³-hybridized carbons (Fsp3) is 0.550. The second-order valence-electron chi connectivity index (χ2n) is 7.90. The van der Waals surface area contributed by atoms with E-state index < -0.39 is 23.6 Å². The molecular weight excluding hydrogens is 332 g/mol. The number of ether oxygens (including phenoxy) is 1. The van der Waals surface area contributed by atoms with Crippen molar-refractivity contribution in [1.29, 1.82) is 0 Å². The number of likely N-dealkylation sites (tertiary alicyclic amines) is 1. The summed E-state index contributed by atoms with van der Waals surface area (Å²) in [7, 11) is 1.30. The van der Waals surface area contributed by atoms with Crippen LogP contribution in [-0.2, 0) is 25.5 Å². The topological polar surface area (TPSA) is 75.7 Å². The number of rotatable bonds is 5. The molecule has 1 fully saturated rings. The molecule has 1 aromatic rings. The fourth-order valence-electron chi connectivity index (χ4n) is 3.39. The zero-order valence-corrected chi connectivity index (χ0v) is 16.1. The molecule has 0 aliphatic carbocycles. The van der Waals surface area contributed by atoms with Gasteiger partial charge < -0.3 is 15.0 Å². The molecule has 0 saturated carbocycles. The van der Waals surface area contributed by atoms with E-state index in [4.69, 9.17) is 4.74 Å². The first kappa shape index (κ1) is 19.9. The van der Waals surface area contributed by atoms with Crippen molar-refractivity contribution in [2.45, 2.75) is 58.2 Å². The number of hydrogen-bond donors (Lipinski definition) is 1. The van der Waals surface area contributed by atoms with E-state index in [0.717, 1.165) is 5.56 Å². The lowest BCUT2D eigenvalue weighted by Gasteiger charge is -2.34. The molecule has 0 aromatic heterocycles. The minimum Gasteiger partial charge on any atom is -0.467 e. The molecule has 1 aliphatic rings. The van der Waals surface area contributed by atoms with E-state index in [9.17, 15) is 14.4 Å². The number of benzene rings is 1. The van der Waals surface area contributed by atoms with Crippen LogP contribution in [0.15, 0.2) is 30.3 Å². The van der Waals surface area contributed by atoms with Gasteiger partial charge in [-0.3, -0.25) is 9.59 Å². The van der Waals surface area contributed by atoms with Crippen LogP contribution in [0, 0.1) is 5.92 Å². The SMILES string of the molecule is COC(=O)[C@H](Cc1ccccc1)N1C(=O)C[C@@H](C)[C@@H]1C(=O)NC(C)(C)C. The summed E-state index contributed by atoms with van der Waals surface area (Å²) >= 11 is 0. The number of carbonyl (C=O) groups excluding carboxylic acids is 3. The van der Waals surface area contributed by atoms with Crippen molar-refractivity contribution in [3.63, 3.8) is 0 Å². The van der Waals surface area contributed by atoms with Crippen molar-refractivity contribution in [2.24, 2.45) is 5.92 Å². The van der Waals surface area contributed by atoms with Crippen molar-refractivity contribution >= 4 is 17.8 Å². The number of nitrogens with one attached hydrogen (secondary N) is 1. The minimum absolute atomic E-state index is 0.173. The van der Waals surface area contributed by atoms with Crippen molar-refractivity contribution in [3.05, 3.63) is 35.9 Å². The van der Waals surface area contributed by atoms with Gasteiger partial charge in [0.05, 0.1) is 7.11 Å². The summed E-state index contributed by atoms with van der Waals surface area (Å²) in [4.78, 5) is 39.4. The van der Waals surface area contributed by atoms with Crippen LogP contribution in [0.2, 0.25) is 0 Å². The molecule has 0 unspecified atom stereocenters. The van der Waals surface area contributed by atoms with E-state index >= 15 is 0 Å². The Bertz CT molecular complexity index is 666. The summed E-state index contributed by atoms with van der Waals surface area (Å²) < 4.78 is 4.95. The van der Waals surface area contributed by atoms with Gasteiger partial charge in [0.15, 0.2) is 0 Å². The first-order valence-corrected chi connectivity index (χ1v) is 8.89. The molecule has 2 rings (SSSR count). The number of esters is 1.